The molecule has 5 nitrogen and oxygen atoms in total. The fourth-order valence-corrected chi connectivity index (χ4v) is 6.26. The lowest BCUT2D eigenvalue weighted by molar-refractivity contribution is -0.137. The summed E-state index contributed by atoms with van der Waals surface area (Å²) in [4.78, 5) is 11.4. The number of carboxylic acids is 1. The third-order valence-electron chi connectivity index (χ3n) is 5.52. The number of benzene rings is 3. The zero-order valence-electron chi connectivity index (χ0n) is 17.3. The molecule has 0 aliphatic heterocycles. The molecule has 0 saturated heterocycles. The van der Waals surface area contributed by atoms with Gasteiger partial charge in [0.15, 0.2) is 0 Å². The number of aliphatic carboxylic acids is 1. The van der Waals surface area contributed by atoms with Crippen LogP contribution in [0.25, 0.3) is 10.9 Å². The number of carboxylic acid groups (broad SMARTS) is 1. The molecular weight excluding hydrogens is 488 g/mol. The molecule has 0 saturated carbocycles. The molecule has 0 radical (unpaired) electrons. The highest BCUT2D eigenvalue weighted by molar-refractivity contribution is 7.91. The number of halogens is 3. The first-order valence-electron chi connectivity index (χ1n) is 9.86. The molecule has 1 aromatic heterocycles. The first-order valence-corrected chi connectivity index (χ1v) is 12.1. The second kappa shape index (κ2) is 8.82. The Kier molecular flexibility index (Phi) is 6.22. The molecule has 4 aromatic rings. The maximum Gasteiger partial charge on any atom is 0.323 e. The summed E-state index contributed by atoms with van der Waals surface area (Å²) in [6.45, 7) is 1.44. The summed E-state index contributed by atoms with van der Waals surface area (Å²) in [6.07, 6.45) is 0.152. The average molecular weight is 506 g/mol. The van der Waals surface area contributed by atoms with Crippen LogP contribution in [-0.2, 0) is 27.6 Å². The number of nitrogens with zero attached hydrogens (tertiary/aromatic N) is 1. The molecule has 0 aliphatic rings. The maximum atomic E-state index is 14.1. The van der Waals surface area contributed by atoms with E-state index in [-0.39, 0.29) is 27.8 Å². The minimum absolute atomic E-state index is 0.00798. The zero-order chi connectivity index (χ0) is 23.9. The van der Waals surface area contributed by atoms with E-state index in [9.17, 15) is 22.7 Å². The minimum Gasteiger partial charge on any atom is -0.480 e. The predicted octanol–water partition coefficient (Wildman–Crippen LogP) is 5.90. The largest absolute Gasteiger partial charge is 0.480 e. The Balaban J connectivity index is 1.88. The molecule has 0 spiro atoms. The number of sulfone groups is 1. The molecule has 0 bridgehead atoms. The van der Waals surface area contributed by atoms with Crippen molar-refractivity contribution in [1.82, 2.24) is 4.57 Å². The standard InChI is InChI=1S/C24H18Cl2FNO4S/c1-14-18(19-12-17(27)7-8-21(19)28(14)13-24(29)30)10-15-4-2-3-5-22(15)33(31,32)23-9-6-16(25)11-20(23)26/h2-9,11-12H,10,13H2,1H3,(H,29,30). The topological polar surface area (TPSA) is 76.4 Å². The quantitative estimate of drug-likeness (QED) is 0.353. The highest BCUT2D eigenvalue weighted by Gasteiger charge is 2.25. The third kappa shape index (κ3) is 4.36. The molecule has 170 valence electrons. The molecule has 0 amide bonds. The van der Waals surface area contributed by atoms with Gasteiger partial charge in [0.05, 0.1) is 14.8 Å². The fourth-order valence-electron chi connectivity index (χ4n) is 4.00. The summed E-state index contributed by atoms with van der Waals surface area (Å²) < 4.78 is 42.6. The Morgan fingerprint density at radius 2 is 1.76 bits per heavy atom. The van der Waals surface area contributed by atoms with Crippen molar-refractivity contribution in [3.63, 3.8) is 0 Å². The Hall–Kier alpha value is -2.87. The van der Waals surface area contributed by atoms with Crippen LogP contribution >= 0.6 is 23.2 Å². The molecule has 33 heavy (non-hydrogen) atoms. The Morgan fingerprint density at radius 3 is 2.45 bits per heavy atom. The van der Waals surface area contributed by atoms with Crippen LogP contribution in [-0.4, -0.2) is 24.1 Å². The van der Waals surface area contributed by atoms with E-state index in [4.69, 9.17) is 23.2 Å². The molecule has 0 unspecified atom stereocenters. The SMILES string of the molecule is Cc1c(Cc2ccccc2S(=O)(=O)c2ccc(Cl)cc2Cl)c2cc(F)ccc2n1CC(=O)O. The Morgan fingerprint density at radius 1 is 1.03 bits per heavy atom. The van der Waals surface area contributed by atoms with Crippen molar-refractivity contribution in [1.29, 1.82) is 0 Å². The smallest absolute Gasteiger partial charge is 0.323 e. The number of aromatic nitrogens is 1. The van der Waals surface area contributed by atoms with Crippen LogP contribution in [0.5, 0.6) is 0 Å². The lowest BCUT2D eigenvalue weighted by Crippen LogP contribution is -2.10. The van der Waals surface area contributed by atoms with Gasteiger partial charge in [0, 0.05) is 28.0 Å². The van der Waals surface area contributed by atoms with E-state index >= 15 is 0 Å². The Labute approximate surface area is 199 Å². The van der Waals surface area contributed by atoms with Gasteiger partial charge >= 0.3 is 5.97 Å². The van der Waals surface area contributed by atoms with E-state index in [0.29, 0.717) is 32.7 Å². The van der Waals surface area contributed by atoms with Crippen molar-refractivity contribution >= 4 is 49.9 Å². The van der Waals surface area contributed by atoms with Gasteiger partial charge in [-0.3, -0.25) is 4.79 Å². The molecular formula is C24H18Cl2FNO4S. The number of carbonyl (C=O) groups is 1. The van der Waals surface area contributed by atoms with Gasteiger partial charge < -0.3 is 9.67 Å². The van der Waals surface area contributed by atoms with Crippen LogP contribution in [0.3, 0.4) is 0 Å². The van der Waals surface area contributed by atoms with E-state index in [2.05, 4.69) is 0 Å². The van der Waals surface area contributed by atoms with E-state index < -0.39 is 21.6 Å². The number of fused-ring (bicyclic) bond motifs is 1. The summed E-state index contributed by atoms with van der Waals surface area (Å²) in [5.41, 5.74) is 2.31. The van der Waals surface area contributed by atoms with Crippen LogP contribution in [0.4, 0.5) is 4.39 Å². The highest BCUT2D eigenvalue weighted by atomic mass is 35.5. The van der Waals surface area contributed by atoms with E-state index in [0.717, 1.165) is 0 Å². The summed E-state index contributed by atoms with van der Waals surface area (Å²) in [7, 11) is -3.99. The van der Waals surface area contributed by atoms with Crippen LogP contribution in [0, 0.1) is 12.7 Å². The van der Waals surface area contributed by atoms with Gasteiger partial charge in [-0.15, -0.1) is 0 Å². The average Bonchev–Trinajstić information content (AvgIpc) is 2.98. The summed E-state index contributed by atoms with van der Waals surface area (Å²) in [6, 6.07) is 14.8. The lowest BCUT2D eigenvalue weighted by Gasteiger charge is -2.13. The van der Waals surface area contributed by atoms with Crippen LogP contribution in [0.1, 0.15) is 16.8 Å². The van der Waals surface area contributed by atoms with Crippen molar-refractivity contribution in [2.45, 2.75) is 29.7 Å². The van der Waals surface area contributed by atoms with Gasteiger partial charge in [0.2, 0.25) is 9.84 Å². The summed E-state index contributed by atoms with van der Waals surface area (Å²) >= 11 is 12.1. The molecule has 4 rings (SSSR count). The van der Waals surface area contributed by atoms with Crippen LogP contribution in [0.15, 0.2) is 70.5 Å². The second-order valence-electron chi connectivity index (χ2n) is 7.57. The van der Waals surface area contributed by atoms with Crippen LogP contribution < -0.4 is 0 Å². The van der Waals surface area contributed by atoms with Crippen molar-refractivity contribution in [2.75, 3.05) is 0 Å². The summed E-state index contributed by atoms with van der Waals surface area (Å²) in [5.74, 6) is -1.50. The van der Waals surface area contributed by atoms with Crippen molar-refractivity contribution < 1.29 is 22.7 Å². The van der Waals surface area contributed by atoms with E-state index in [1.54, 1.807) is 29.7 Å². The Bertz CT molecular complexity index is 1510. The van der Waals surface area contributed by atoms with E-state index in [1.807, 2.05) is 0 Å². The minimum atomic E-state index is -3.99. The van der Waals surface area contributed by atoms with Gasteiger partial charge in [-0.05, 0) is 60.5 Å². The number of rotatable bonds is 6. The lowest BCUT2D eigenvalue weighted by atomic mass is 10.0. The summed E-state index contributed by atoms with van der Waals surface area (Å²) in [5, 5.41) is 10.2. The molecule has 0 atom stereocenters. The monoisotopic (exact) mass is 505 g/mol. The molecule has 0 aliphatic carbocycles. The zero-order valence-corrected chi connectivity index (χ0v) is 19.7. The van der Waals surface area contributed by atoms with Gasteiger partial charge in [0.25, 0.3) is 0 Å². The third-order valence-corrected chi connectivity index (χ3v) is 8.09. The number of hydrogen-bond donors (Lipinski definition) is 1. The number of hydrogen-bond acceptors (Lipinski definition) is 3. The fraction of sp³-hybridized carbons (Fsp3) is 0.125. The second-order valence-corrected chi connectivity index (χ2v) is 10.3. The molecule has 1 heterocycles. The van der Waals surface area contributed by atoms with Gasteiger partial charge in [0.1, 0.15) is 12.4 Å². The molecule has 9 heteroatoms. The maximum absolute atomic E-state index is 14.1. The van der Waals surface area contributed by atoms with Crippen molar-refractivity contribution in [3.8, 4) is 0 Å². The highest BCUT2D eigenvalue weighted by Crippen LogP contribution is 2.34. The van der Waals surface area contributed by atoms with E-state index in [1.165, 1.54) is 42.5 Å². The molecule has 3 aromatic carbocycles. The molecule has 1 N–H and O–H groups in total. The van der Waals surface area contributed by atoms with Gasteiger partial charge in [-0.25, -0.2) is 12.8 Å². The predicted molar refractivity (Wildman–Crippen MR) is 125 cm³/mol. The van der Waals surface area contributed by atoms with Crippen molar-refractivity contribution in [2.24, 2.45) is 0 Å². The van der Waals surface area contributed by atoms with Gasteiger partial charge in [-0.1, -0.05) is 41.4 Å². The first-order chi connectivity index (χ1) is 15.6. The van der Waals surface area contributed by atoms with Crippen LogP contribution in [0.2, 0.25) is 10.0 Å². The first kappa shape index (κ1) is 23.3. The van der Waals surface area contributed by atoms with Crippen molar-refractivity contribution in [3.05, 3.63) is 93.3 Å². The molecule has 0 fully saturated rings. The van der Waals surface area contributed by atoms with Gasteiger partial charge in [-0.2, -0.15) is 0 Å². The normalized spacial score (nSPS) is 11.8.